The average Bonchev–Trinajstić information content (AvgIpc) is 3.18. The Morgan fingerprint density at radius 1 is 1.20 bits per heavy atom. The molecular formula is C15H15N3OS. The van der Waals surface area contributed by atoms with E-state index in [-0.39, 0.29) is 0 Å². The quantitative estimate of drug-likeness (QED) is 0.714. The first-order valence-electron chi connectivity index (χ1n) is 6.57. The van der Waals surface area contributed by atoms with Crippen LogP contribution in [0.2, 0.25) is 0 Å². The summed E-state index contributed by atoms with van der Waals surface area (Å²) < 4.78 is 5.47. The summed E-state index contributed by atoms with van der Waals surface area (Å²) in [6, 6.07) is 2.10. The molecule has 1 atom stereocenters. The van der Waals surface area contributed by atoms with Crippen LogP contribution in [0.15, 0.2) is 41.0 Å². The summed E-state index contributed by atoms with van der Waals surface area (Å²) in [4.78, 5) is 13.8. The van der Waals surface area contributed by atoms with Gasteiger partial charge in [0.25, 0.3) is 0 Å². The van der Waals surface area contributed by atoms with Crippen LogP contribution >= 0.6 is 11.3 Å². The number of pyridine rings is 1. The molecule has 0 N–H and O–H groups in total. The third-order valence-corrected chi connectivity index (χ3v) is 4.24. The molecule has 0 aliphatic heterocycles. The van der Waals surface area contributed by atoms with E-state index >= 15 is 0 Å². The molecule has 0 fully saturated rings. The number of oxazole rings is 1. The summed E-state index contributed by atoms with van der Waals surface area (Å²) in [5, 5.41) is 0. The first kappa shape index (κ1) is 13.0. The maximum atomic E-state index is 5.47. The van der Waals surface area contributed by atoms with Gasteiger partial charge in [0, 0.05) is 29.2 Å². The van der Waals surface area contributed by atoms with Gasteiger partial charge in [0.15, 0.2) is 12.2 Å². The van der Waals surface area contributed by atoms with E-state index in [0.29, 0.717) is 5.92 Å². The van der Waals surface area contributed by atoms with Crippen LogP contribution in [0.3, 0.4) is 0 Å². The number of rotatable bonds is 4. The fourth-order valence-electron chi connectivity index (χ4n) is 2.05. The molecule has 20 heavy (non-hydrogen) atoms. The normalized spacial score (nSPS) is 12.5. The molecule has 0 bridgehead atoms. The van der Waals surface area contributed by atoms with Crippen molar-refractivity contribution in [1.29, 1.82) is 0 Å². The van der Waals surface area contributed by atoms with Gasteiger partial charge in [0.1, 0.15) is 0 Å². The van der Waals surface area contributed by atoms with Crippen molar-refractivity contribution in [2.75, 3.05) is 0 Å². The van der Waals surface area contributed by atoms with E-state index in [9.17, 15) is 0 Å². The molecule has 0 aromatic carbocycles. The van der Waals surface area contributed by atoms with Crippen molar-refractivity contribution in [3.63, 3.8) is 0 Å². The van der Waals surface area contributed by atoms with Gasteiger partial charge < -0.3 is 4.42 Å². The Balaban J connectivity index is 2.15. The summed E-state index contributed by atoms with van der Waals surface area (Å²) in [5.74, 6) is 1.19. The maximum absolute atomic E-state index is 5.47. The molecule has 0 saturated heterocycles. The molecule has 3 rings (SSSR count). The molecular weight excluding hydrogens is 270 g/mol. The Bertz CT molecular complexity index is 677. The zero-order chi connectivity index (χ0) is 13.9. The maximum Gasteiger partial charge on any atom is 0.181 e. The van der Waals surface area contributed by atoms with Gasteiger partial charge in [-0.05, 0) is 18.4 Å². The standard InChI is InChI=1S/C15H15N3OS/c1-3-10(2)13-4-11(14-6-16-8-19-14)12(5-18-13)15-7-17-9-20-15/h4-10H,3H2,1-2H3. The van der Waals surface area contributed by atoms with E-state index in [4.69, 9.17) is 4.42 Å². The van der Waals surface area contributed by atoms with Crippen LogP contribution in [0.4, 0.5) is 0 Å². The van der Waals surface area contributed by atoms with Gasteiger partial charge in [-0.3, -0.25) is 9.97 Å². The number of hydrogen-bond acceptors (Lipinski definition) is 5. The van der Waals surface area contributed by atoms with E-state index in [2.05, 4.69) is 34.9 Å². The van der Waals surface area contributed by atoms with Crippen molar-refractivity contribution in [2.45, 2.75) is 26.2 Å². The second-order valence-corrected chi connectivity index (χ2v) is 5.58. The lowest BCUT2D eigenvalue weighted by molar-refractivity contribution is 0.571. The zero-order valence-electron chi connectivity index (χ0n) is 11.4. The Kier molecular flexibility index (Phi) is 3.60. The van der Waals surface area contributed by atoms with Gasteiger partial charge >= 0.3 is 0 Å². The minimum Gasteiger partial charge on any atom is -0.443 e. The van der Waals surface area contributed by atoms with Gasteiger partial charge in [-0.2, -0.15) is 0 Å². The van der Waals surface area contributed by atoms with Crippen LogP contribution in [0.5, 0.6) is 0 Å². The molecule has 3 aromatic heterocycles. The minimum absolute atomic E-state index is 0.423. The van der Waals surface area contributed by atoms with Crippen LogP contribution < -0.4 is 0 Å². The third kappa shape index (κ3) is 2.36. The molecule has 3 aromatic rings. The molecule has 0 radical (unpaired) electrons. The van der Waals surface area contributed by atoms with E-state index in [1.807, 2.05) is 17.9 Å². The minimum atomic E-state index is 0.423. The highest BCUT2D eigenvalue weighted by atomic mass is 32.1. The second kappa shape index (κ2) is 5.54. The molecule has 0 aliphatic carbocycles. The van der Waals surface area contributed by atoms with Gasteiger partial charge in [-0.25, -0.2) is 4.98 Å². The Morgan fingerprint density at radius 3 is 2.75 bits per heavy atom. The molecule has 0 saturated carbocycles. The van der Waals surface area contributed by atoms with Crippen molar-refractivity contribution in [3.8, 4) is 21.8 Å². The van der Waals surface area contributed by atoms with Crippen LogP contribution in [0.1, 0.15) is 31.9 Å². The largest absolute Gasteiger partial charge is 0.443 e. The molecule has 1 unspecified atom stereocenters. The summed E-state index contributed by atoms with van der Waals surface area (Å²) in [6.45, 7) is 4.34. The summed E-state index contributed by atoms with van der Waals surface area (Å²) >= 11 is 1.59. The van der Waals surface area contributed by atoms with Crippen LogP contribution in [0.25, 0.3) is 21.8 Å². The fourth-order valence-corrected chi connectivity index (χ4v) is 2.69. The number of hydrogen-bond donors (Lipinski definition) is 0. The predicted octanol–water partition coefficient (Wildman–Crippen LogP) is 4.37. The average molecular weight is 285 g/mol. The summed E-state index contributed by atoms with van der Waals surface area (Å²) in [6.07, 6.45) is 8.01. The molecule has 102 valence electrons. The highest BCUT2D eigenvalue weighted by molar-refractivity contribution is 7.13. The fraction of sp³-hybridized carbons (Fsp3) is 0.267. The Labute approximate surface area is 121 Å². The number of thiazole rings is 1. The van der Waals surface area contributed by atoms with Gasteiger partial charge in [-0.1, -0.05) is 13.8 Å². The summed E-state index contributed by atoms with van der Waals surface area (Å²) in [5.41, 5.74) is 4.96. The second-order valence-electron chi connectivity index (χ2n) is 4.70. The Morgan fingerprint density at radius 2 is 2.10 bits per heavy atom. The first-order valence-corrected chi connectivity index (χ1v) is 7.45. The molecule has 5 heteroatoms. The lowest BCUT2D eigenvalue weighted by atomic mass is 9.99. The molecule has 4 nitrogen and oxygen atoms in total. The van der Waals surface area contributed by atoms with Crippen molar-refractivity contribution in [2.24, 2.45) is 0 Å². The van der Waals surface area contributed by atoms with Crippen molar-refractivity contribution in [3.05, 3.63) is 42.3 Å². The molecule has 0 aliphatic rings. The highest BCUT2D eigenvalue weighted by Crippen LogP contribution is 2.35. The topological polar surface area (TPSA) is 51.8 Å². The van der Waals surface area contributed by atoms with E-state index in [1.54, 1.807) is 17.5 Å². The lowest BCUT2D eigenvalue weighted by Gasteiger charge is -2.11. The van der Waals surface area contributed by atoms with Crippen molar-refractivity contribution >= 4 is 11.3 Å². The van der Waals surface area contributed by atoms with Crippen LogP contribution in [-0.4, -0.2) is 15.0 Å². The first-order chi connectivity index (χ1) is 9.79. The molecule has 0 spiro atoms. The van der Waals surface area contributed by atoms with Gasteiger partial charge in [0.2, 0.25) is 0 Å². The monoisotopic (exact) mass is 285 g/mol. The van der Waals surface area contributed by atoms with E-state index in [0.717, 1.165) is 33.9 Å². The van der Waals surface area contributed by atoms with E-state index < -0.39 is 0 Å². The highest BCUT2D eigenvalue weighted by Gasteiger charge is 2.15. The van der Waals surface area contributed by atoms with E-state index in [1.165, 1.54) is 6.39 Å². The number of nitrogens with zero attached hydrogens (tertiary/aromatic N) is 3. The predicted molar refractivity (Wildman–Crippen MR) is 79.5 cm³/mol. The van der Waals surface area contributed by atoms with Crippen molar-refractivity contribution in [1.82, 2.24) is 15.0 Å². The lowest BCUT2D eigenvalue weighted by Crippen LogP contribution is -1.97. The smallest absolute Gasteiger partial charge is 0.181 e. The number of aromatic nitrogens is 3. The van der Waals surface area contributed by atoms with Crippen LogP contribution in [0, 0.1) is 0 Å². The zero-order valence-corrected chi connectivity index (χ0v) is 12.2. The Hall–Kier alpha value is -2.01. The third-order valence-electron chi connectivity index (χ3n) is 3.44. The summed E-state index contributed by atoms with van der Waals surface area (Å²) in [7, 11) is 0. The van der Waals surface area contributed by atoms with Crippen LogP contribution in [-0.2, 0) is 0 Å². The van der Waals surface area contributed by atoms with Gasteiger partial charge in [-0.15, -0.1) is 11.3 Å². The van der Waals surface area contributed by atoms with Gasteiger partial charge in [0.05, 0.1) is 16.6 Å². The SMILES string of the molecule is CCC(C)c1cc(-c2cnco2)c(-c2cncs2)cn1. The molecule has 3 heterocycles. The molecule has 0 amide bonds. The van der Waals surface area contributed by atoms with Crippen molar-refractivity contribution < 1.29 is 4.42 Å².